The number of aryl methyl sites for hydroxylation is 1. The first-order valence-electron chi connectivity index (χ1n) is 7.48. The smallest absolute Gasteiger partial charge is 0.249 e. The van der Waals surface area contributed by atoms with Gasteiger partial charge < -0.3 is 14.7 Å². The van der Waals surface area contributed by atoms with Crippen LogP contribution in [0.3, 0.4) is 0 Å². The zero-order valence-corrected chi connectivity index (χ0v) is 12.4. The monoisotopic (exact) mass is 292 g/mol. The number of nitrogens with one attached hydrogen (secondary N) is 1. The number of amides is 2. The Morgan fingerprint density at radius 3 is 2.67 bits per heavy atom. The van der Waals surface area contributed by atoms with E-state index < -0.39 is 11.6 Å². The molecule has 3 rings (SSSR count). The van der Waals surface area contributed by atoms with Gasteiger partial charge in [0, 0.05) is 0 Å². The number of rotatable bonds is 3. The van der Waals surface area contributed by atoms with Crippen molar-refractivity contribution in [2.45, 2.75) is 64.1 Å². The van der Waals surface area contributed by atoms with Crippen LogP contribution in [0.25, 0.3) is 0 Å². The molecule has 1 aliphatic heterocycles. The summed E-state index contributed by atoms with van der Waals surface area (Å²) in [6.07, 6.45) is 3.94. The van der Waals surface area contributed by atoms with Crippen LogP contribution in [0.4, 0.5) is 0 Å². The minimum Gasteiger partial charge on any atom is -0.340 e. The Balaban J connectivity index is 1.89. The Bertz CT molecular complexity index is 562. The topological polar surface area (TPSA) is 88.3 Å². The van der Waals surface area contributed by atoms with E-state index in [1.54, 1.807) is 11.8 Å². The maximum atomic E-state index is 12.9. The van der Waals surface area contributed by atoms with E-state index in [1.165, 1.54) is 0 Å². The Kier molecular flexibility index (Phi) is 3.43. The molecule has 7 heteroatoms. The molecule has 21 heavy (non-hydrogen) atoms. The second kappa shape index (κ2) is 5.13. The number of piperazine rings is 1. The predicted molar refractivity (Wildman–Crippen MR) is 73.0 cm³/mol. The molecule has 2 amide bonds. The molecule has 1 N–H and O–H groups in total. The van der Waals surface area contributed by atoms with Gasteiger partial charge in [0.1, 0.15) is 18.1 Å². The van der Waals surface area contributed by atoms with E-state index in [9.17, 15) is 9.59 Å². The van der Waals surface area contributed by atoms with Gasteiger partial charge in [-0.3, -0.25) is 9.59 Å². The van der Waals surface area contributed by atoms with Crippen molar-refractivity contribution in [3.05, 3.63) is 11.7 Å². The van der Waals surface area contributed by atoms with Gasteiger partial charge in [-0.2, -0.15) is 4.98 Å². The second-order valence-electron chi connectivity index (χ2n) is 5.87. The average molecular weight is 292 g/mol. The zero-order valence-electron chi connectivity index (χ0n) is 12.4. The van der Waals surface area contributed by atoms with Crippen LogP contribution in [-0.4, -0.2) is 38.4 Å². The van der Waals surface area contributed by atoms with Crippen LogP contribution in [-0.2, 0) is 16.1 Å². The number of hydrogen-bond acceptors (Lipinski definition) is 5. The molecule has 1 unspecified atom stereocenters. The van der Waals surface area contributed by atoms with Crippen LogP contribution < -0.4 is 5.32 Å². The summed E-state index contributed by atoms with van der Waals surface area (Å²) in [4.78, 5) is 31.0. The molecule has 1 aromatic heterocycles. The molecule has 1 aliphatic carbocycles. The van der Waals surface area contributed by atoms with Gasteiger partial charge in [-0.1, -0.05) is 24.9 Å². The number of nitrogens with zero attached hydrogens (tertiary/aromatic N) is 3. The highest BCUT2D eigenvalue weighted by Gasteiger charge is 2.51. The summed E-state index contributed by atoms with van der Waals surface area (Å²) in [6, 6.07) is -0.462. The van der Waals surface area contributed by atoms with Crippen molar-refractivity contribution in [3.63, 3.8) is 0 Å². The highest BCUT2D eigenvalue weighted by atomic mass is 16.5. The second-order valence-corrected chi connectivity index (χ2v) is 5.87. The highest BCUT2D eigenvalue weighted by Crippen LogP contribution is 2.35. The summed E-state index contributed by atoms with van der Waals surface area (Å²) in [5.41, 5.74) is -0.710. The Labute approximate surface area is 123 Å². The molecule has 0 bridgehead atoms. The van der Waals surface area contributed by atoms with Gasteiger partial charge in [-0.25, -0.2) is 0 Å². The van der Waals surface area contributed by atoms with E-state index in [0.29, 0.717) is 31.0 Å². The number of hydrogen-bond donors (Lipinski definition) is 1. The van der Waals surface area contributed by atoms with E-state index in [4.69, 9.17) is 4.52 Å². The maximum Gasteiger partial charge on any atom is 0.249 e. The van der Waals surface area contributed by atoms with Crippen molar-refractivity contribution < 1.29 is 14.1 Å². The molecular formula is C14H20N4O3. The summed E-state index contributed by atoms with van der Waals surface area (Å²) in [7, 11) is 0. The van der Waals surface area contributed by atoms with Crippen molar-refractivity contribution >= 4 is 11.8 Å². The molecule has 0 aromatic carbocycles. The fraction of sp³-hybridized carbons (Fsp3) is 0.714. The predicted octanol–water partition coefficient (Wildman–Crippen LogP) is 0.928. The minimum atomic E-state index is -0.710. The first-order valence-corrected chi connectivity index (χ1v) is 7.48. The van der Waals surface area contributed by atoms with E-state index in [-0.39, 0.29) is 18.4 Å². The summed E-state index contributed by atoms with van der Waals surface area (Å²) in [5, 5.41) is 6.71. The van der Waals surface area contributed by atoms with Crippen molar-refractivity contribution in [1.82, 2.24) is 20.4 Å². The van der Waals surface area contributed by atoms with Crippen molar-refractivity contribution in [3.8, 4) is 0 Å². The lowest BCUT2D eigenvalue weighted by atomic mass is 9.90. The number of carbonyl (C=O) groups excluding carboxylic acids is 2. The SMILES string of the molecule is CCC1C(=O)NC2(CCCC2)C(=O)N1Cc1nc(C)no1. The summed E-state index contributed by atoms with van der Waals surface area (Å²) < 4.78 is 5.11. The fourth-order valence-corrected chi connectivity index (χ4v) is 3.39. The van der Waals surface area contributed by atoms with Crippen LogP contribution in [0.1, 0.15) is 50.7 Å². The van der Waals surface area contributed by atoms with Gasteiger partial charge in [0.25, 0.3) is 0 Å². The lowest BCUT2D eigenvalue weighted by molar-refractivity contribution is -0.156. The van der Waals surface area contributed by atoms with Crippen molar-refractivity contribution in [1.29, 1.82) is 0 Å². The highest BCUT2D eigenvalue weighted by molar-refractivity contribution is 5.99. The molecule has 1 spiro atoms. The number of aromatic nitrogens is 2. The molecule has 2 heterocycles. The van der Waals surface area contributed by atoms with Gasteiger partial charge in [0.15, 0.2) is 5.82 Å². The number of carbonyl (C=O) groups is 2. The third-order valence-electron chi connectivity index (χ3n) is 4.43. The van der Waals surface area contributed by atoms with Crippen molar-refractivity contribution in [2.24, 2.45) is 0 Å². The fourth-order valence-electron chi connectivity index (χ4n) is 3.39. The molecule has 7 nitrogen and oxygen atoms in total. The average Bonchev–Trinajstić information content (AvgIpc) is 3.06. The van der Waals surface area contributed by atoms with Gasteiger partial charge in [0.05, 0.1) is 0 Å². The van der Waals surface area contributed by atoms with E-state index >= 15 is 0 Å². The Morgan fingerprint density at radius 1 is 1.38 bits per heavy atom. The molecule has 1 atom stereocenters. The molecule has 2 aliphatic rings. The van der Waals surface area contributed by atoms with E-state index in [0.717, 1.165) is 12.8 Å². The first kappa shape index (κ1) is 14.0. The van der Waals surface area contributed by atoms with Crippen molar-refractivity contribution in [2.75, 3.05) is 0 Å². The van der Waals surface area contributed by atoms with E-state index in [1.807, 2.05) is 6.92 Å². The van der Waals surface area contributed by atoms with Gasteiger partial charge in [-0.05, 0) is 26.2 Å². The molecular weight excluding hydrogens is 272 g/mol. The molecule has 1 aromatic rings. The molecule has 2 fully saturated rings. The van der Waals surface area contributed by atoms with Gasteiger partial charge in [-0.15, -0.1) is 0 Å². The largest absolute Gasteiger partial charge is 0.340 e. The van der Waals surface area contributed by atoms with Crippen LogP contribution >= 0.6 is 0 Å². The lowest BCUT2D eigenvalue weighted by Crippen LogP contribution is -2.69. The Morgan fingerprint density at radius 2 is 2.10 bits per heavy atom. The quantitative estimate of drug-likeness (QED) is 0.895. The van der Waals surface area contributed by atoms with Crippen LogP contribution in [0.2, 0.25) is 0 Å². The third kappa shape index (κ3) is 2.30. The van der Waals surface area contributed by atoms with Gasteiger partial charge in [0.2, 0.25) is 17.7 Å². The van der Waals surface area contributed by atoms with Crippen LogP contribution in [0.15, 0.2) is 4.52 Å². The lowest BCUT2D eigenvalue weighted by Gasteiger charge is -2.43. The van der Waals surface area contributed by atoms with Crippen LogP contribution in [0.5, 0.6) is 0 Å². The molecule has 114 valence electrons. The zero-order chi connectivity index (χ0) is 15.0. The van der Waals surface area contributed by atoms with Gasteiger partial charge >= 0.3 is 0 Å². The Hall–Kier alpha value is -1.92. The first-order chi connectivity index (χ1) is 10.1. The normalized spacial score (nSPS) is 24.7. The summed E-state index contributed by atoms with van der Waals surface area (Å²) in [5.74, 6) is 0.822. The molecule has 0 radical (unpaired) electrons. The maximum absolute atomic E-state index is 12.9. The van der Waals surface area contributed by atoms with Crippen LogP contribution in [0, 0.1) is 6.92 Å². The molecule has 1 saturated carbocycles. The minimum absolute atomic E-state index is 0.0118. The summed E-state index contributed by atoms with van der Waals surface area (Å²) in [6.45, 7) is 3.83. The third-order valence-corrected chi connectivity index (χ3v) is 4.43. The molecule has 1 saturated heterocycles. The summed E-state index contributed by atoms with van der Waals surface area (Å²) >= 11 is 0. The standard InChI is InChI=1S/C14H20N4O3/c1-3-10-12(19)16-14(6-4-5-7-14)13(20)18(10)8-11-15-9(2)17-21-11/h10H,3-8H2,1-2H3,(H,16,19). The van der Waals surface area contributed by atoms with E-state index in [2.05, 4.69) is 15.5 Å².